The molecule has 9 N–H and O–H groups in total. The summed E-state index contributed by atoms with van der Waals surface area (Å²) in [5, 5.41) is 47.4. The van der Waals surface area contributed by atoms with Crippen LogP contribution in [0.15, 0.2) is 164 Å². The molecule has 0 radical (unpaired) electrons. The van der Waals surface area contributed by atoms with Crippen LogP contribution in [0.25, 0.3) is 22.3 Å². The van der Waals surface area contributed by atoms with E-state index in [0.717, 1.165) is 22.3 Å². The first-order valence-electron chi connectivity index (χ1n) is 29.4. The van der Waals surface area contributed by atoms with Crippen LogP contribution in [-0.4, -0.2) is 127 Å². The van der Waals surface area contributed by atoms with Gasteiger partial charge in [-0.05, 0) is 90.6 Å². The number of rotatable bonds is 23. The Morgan fingerprint density at radius 1 is 0.506 bits per heavy atom. The van der Waals surface area contributed by atoms with Gasteiger partial charge < -0.3 is 68.9 Å². The molecule has 8 atom stereocenters. The van der Waals surface area contributed by atoms with Crippen LogP contribution in [0.3, 0.4) is 0 Å². The van der Waals surface area contributed by atoms with Crippen molar-refractivity contribution in [3.05, 3.63) is 187 Å². The van der Waals surface area contributed by atoms with Gasteiger partial charge >= 0.3 is 0 Å². The van der Waals surface area contributed by atoms with Gasteiger partial charge in [0.2, 0.25) is 32.0 Å². The van der Waals surface area contributed by atoms with Crippen molar-refractivity contribution in [2.24, 2.45) is 11.8 Å². The zero-order valence-electron chi connectivity index (χ0n) is 50.1. The van der Waals surface area contributed by atoms with Crippen LogP contribution < -0.4 is 26.1 Å². The highest BCUT2D eigenvalue weighted by Gasteiger charge is 2.61. The number of benzene rings is 5. The van der Waals surface area contributed by atoms with Gasteiger partial charge in [0.15, 0.2) is 39.0 Å². The van der Waals surface area contributed by atoms with Gasteiger partial charge in [-0.25, -0.2) is 9.97 Å². The number of fused-ring (bicyclic) bond motifs is 2. The van der Waals surface area contributed by atoms with E-state index in [4.69, 9.17) is 34.5 Å². The van der Waals surface area contributed by atoms with E-state index in [9.17, 15) is 25.2 Å². The molecule has 2 fully saturated rings. The Bertz CT molecular complexity index is 3690. The summed E-state index contributed by atoms with van der Waals surface area (Å²) in [4.78, 5) is 38.0. The van der Waals surface area contributed by atoms with Gasteiger partial charge in [-0.3, -0.25) is 0 Å². The van der Waals surface area contributed by atoms with E-state index in [1.807, 2.05) is 157 Å². The summed E-state index contributed by atoms with van der Waals surface area (Å²) < 4.78 is 35.2. The number of imidazole rings is 2. The van der Waals surface area contributed by atoms with E-state index >= 15 is 0 Å². The molecule has 0 saturated heterocycles. The molecule has 0 aliphatic heterocycles. The van der Waals surface area contributed by atoms with Crippen LogP contribution in [0.4, 0.5) is 11.9 Å². The summed E-state index contributed by atoms with van der Waals surface area (Å²) in [5.74, 6) is -0.391. The molecule has 5 aromatic carbocycles. The third-order valence-corrected chi connectivity index (χ3v) is 28.1. The second-order valence-electron chi connectivity index (χ2n) is 24.4. The van der Waals surface area contributed by atoms with Crippen molar-refractivity contribution in [2.45, 2.75) is 113 Å². The lowest BCUT2D eigenvalue weighted by Gasteiger charge is -2.42. The molecule has 9 aromatic rings. The number of nitrogens with two attached hydrogens (primary N) is 2. The van der Waals surface area contributed by atoms with Crippen LogP contribution in [0.5, 0.6) is 11.8 Å². The number of nitrogens with zero attached hydrogens (tertiary/aromatic N) is 8. The topological polar surface area (TPSA) is 287 Å². The number of aliphatic hydroxyl groups excluding tert-OH is 2. The maximum atomic E-state index is 12.6. The van der Waals surface area contributed by atoms with Crippen LogP contribution in [-0.2, 0) is 40.0 Å². The zero-order chi connectivity index (χ0) is 61.6. The van der Waals surface area contributed by atoms with E-state index in [2.05, 4.69) is 68.2 Å². The summed E-state index contributed by atoms with van der Waals surface area (Å²) in [6.45, 7) is 13.3. The molecule has 0 unspecified atom stereocenters. The van der Waals surface area contributed by atoms with Gasteiger partial charge in [0.05, 0.1) is 64.4 Å². The van der Waals surface area contributed by atoms with Crippen molar-refractivity contribution < 1.29 is 48.3 Å². The van der Waals surface area contributed by atoms with Gasteiger partial charge in [0.25, 0.3) is 0 Å². The third-order valence-electron chi connectivity index (χ3n) is 17.4. The van der Waals surface area contributed by atoms with Gasteiger partial charge in [-0.1, -0.05) is 152 Å². The first-order valence-corrected chi connectivity index (χ1v) is 38.4. The number of ether oxygens (including phenoxy) is 4. The molecule has 4 aromatic heterocycles. The Hall–Kier alpha value is -7.27. The molecular weight excluding hydrogens is 1150 g/mol. The molecule has 2 aliphatic carbocycles. The Morgan fingerprint density at radius 3 is 1.24 bits per heavy atom. The molecule has 0 spiro atoms. The molecule has 458 valence electrons. The highest BCUT2D eigenvalue weighted by molar-refractivity contribution is 6.92. The molecular formula is C64H80N10O10Si3. The molecule has 23 heteroatoms. The first kappa shape index (κ1) is 62.8. The average molecular weight is 1230 g/mol. The lowest BCUT2D eigenvalue weighted by Crippen LogP contribution is -2.56. The standard InChI is InChI=1S/C36H45N5O5Si2.C28H35N5O5Si/c1-47(2,28-18-12-7-13-19-28)46-48(3,4)30-20-31(36(43,24-42)29(30)23-44-21-26-14-8-5-9-15-26)41-25-38-32-33(41)39-35(37)40-34(32)45-22-27-16-10-6-11-17-27;1-39(2,36)22-13-23(28(35,17-34)21(22)16-37-14-19-9-5-3-6-10-19)33-18-30-24-25(33)31-27(29)32-26(24)38-15-20-11-7-4-8-12-20/h5-19,25,29-31,42-43H,20-24H2,1-4H3,(H2,37,39,40);3-12,18,21-23,34-36H,13-17H2,1-2H3,(H2,29,31,32)/t29-,30+,31+,36+;21-,22+,23+,28+/m11/s1. The summed E-state index contributed by atoms with van der Waals surface area (Å²) in [7, 11) is -7.70. The largest absolute Gasteiger partial charge is 0.471 e. The smallest absolute Gasteiger partial charge is 0.247 e. The minimum absolute atomic E-state index is 0.00834. The molecule has 87 heavy (non-hydrogen) atoms. The number of aromatic nitrogens is 8. The van der Waals surface area contributed by atoms with Crippen molar-refractivity contribution in [3.8, 4) is 11.8 Å². The Balaban J connectivity index is 0.000000197. The Morgan fingerprint density at radius 2 is 0.862 bits per heavy atom. The van der Waals surface area contributed by atoms with Gasteiger partial charge in [0.1, 0.15) is 24.4 Å². The SMILES string of the molecule is C[Si](C)(O)[C@H]1C[C@H](n2cnc3c(OCc4ccccc4)nc(N)nc32)[C@](O)(CO)[C@@H]1COCc1ccccc1.C[Si](C)(O[Si](C)(C)[C@H]1C[C@H](n2cnc3c(OCc4ccccc4)nc(N)nc32)[C@](O)(CO)[C@@H]1COCc1ccccc1)c1ccccc1. The van der Waals surface area contributed by atoms with E-state index in [1.54, 1.807) is 17.2 Å². The number of anilines is 2. The van der Waals surface area contributed by atoms with Gasteiger partial charge in [-0.15, -0.1) is 0 Å². The fraction of sp³-hybridized carbons (Fsp3) is 0.375. The zero-order valence-corrected chi connectivity index (χ0v) is 53.1. The van der Waals surface area contributed by atoms with E-state index < -0.39 is 73.3 Å². The van der Waals surface area contributed by atoms with E-state index in [0.29, 0.717) is 48.4 Å². The lowest BCUT2D eigenvalue weighted by molar-refractivity contribution is -0.0940. The number of nitrogen functional groups attached to an aromatic ring is 2. The normalized spacial score (nSPS) is 22.3. The maximum absolute atomic E-state index is 12.6. The summed E-state index contributed by atoms with van der Waals surface area (Å²) in [5.41, 5.74) is 14.4. The number of hydrogen-bond acceptors (Lipinski definition) is 18. The Labute approximate surface area is 510 Å². The molecule has 0 bridgehead atoms. The first-order chi connectivity index (χ1) is 41.7. The second kappa shape index (κ2) is 26.6. The molecule has 4 heterocycles. The molecule has 11 rings (SSSR count). The van der Waals surface area contributed by atoms with E-state index in [-0.39, 0.29) is 61.2 Å². The van der Waals surface area contributed by atoms with Crippen LogP contribution in [0.2, 0.25) is 50.4 Å². The quantitative estimate of drug-likeness (QED) is 0.0297. The highest BCUT2D eigenvalue weighted by atomic mass is 28.4. The minimum atomic E-state index is -2.78. The van der Waals surface area contributed by atoms with Crippen molar-refractivity contribution in [3.63, 3.8) is 0 Å². The maximum Gasteiger partial charge on any atom is 0.247 e. The van der Waals surface area contributed by atoms with Crippen LogP contribution in [0, 0.1) is 11.8 Å². The second-order valence-corrected chi connectivity index (χ2v) is 36.8. The van der Waals surface area contributed by atoms with Crippen molar-refractivity contribution in [2.75, 3.05) is 37.9 Å². The van der Waals surface area contributed by atoms with E-state index in [1.165, 1.54) is 5.19 Å². The summed E-state index contributed by atoms with van der Waals surface area (Å²) >= 11 is 0. The Kier molecular flexibility index (Phi) is 19.2. The van der Waals surface area contributed by atoms with Crippen molar-refractivity contribution >= 4 is 64.4 Å². The lowest BCUT2D eigenvalue weighted by atomic mass is 9.89. The molecule has 2 saturated carbocycles. The van der Waals surface area contributed by atoms with Gasteiger partial charge in [0, 0.05) is 11.8 Å². The number of hydrogen-bond donors (Lipinski definition) is 7. The molecule has 2 aliphatic rings. The summed E-state index contributed by atoms with van der Waals surface area (Å²) in [6, 6.07) is 48.3. The highest BCUT2D eigenvalue weighted by Crippen LogP contribution is 2.57. The monoisotopic (exact) mass is 1230 g/mol. The summed E-state index contributed by atoms with van der Waals surface area (Å²) in [6.07, 6.45) is 4.16. The van der Waals surface area contributed by atoms with Crippen LogP contribution in [0.1, 0.15) is 47.2 Å². The van der Waals surface area contributed by atoms with Gasteiger partial charge in [-0.2, -0.15) is 19.9 Å². The predicted molar refractivity (Wildman–Crippen MR) is 341 cm³/mol. The minimum Gasteiger partial charge on any atom is -0.471 e. The fourth-order valence-electron chi connectivity index (χ4n) is 12.9. The predicted octanol–water partition coefficient (Wildman–Crippen LogP) is 8.25. The van der Waals surface area contributed by atoms with Crippen molar-refractivity contribution in [1.29, 1.82) is 0 Å². The molecule has 20 nitrogen and oxygen atoms in total. The van der Waals surface area contributed by atoms with Crippen molar-refractivity contribution in [1.82, 2.24) is 39.0 Å². The number of aliphatic hydroxyl groups is 4. The van der Waals surface area contributed by atoms with Crippen LogP contribution >= 0.6 is 0 Å². The molecule has 0 amide bonds. The average Bonchev–Trinajstić information content (AvgIpc) is 1.77. The third kappa shape index (κ3) is 13.9. The fourth-order valence-corrected chi connectivity index (χ4v) is 24.6.